The summed E-state index contributed by atoms with van der Waals surface area (Å²) in [5.74, 6) is 0. The van der Waals surface area contributed by atoms with Crippen molar-refractivity contribution < 1.29 is 0 Å². The highest BCUT2D eigenvalue weighted by Crippen LogP contribution is 2.12. The summed E-state index contributed by atoms with van der Waals surface area (Å²) in [5, 5.41) is 5.37. The molecule has 15 heavy (non-hydrogen) atoms. The first-order valence-corrected chi connectivity index (χ1v) is 5.40. The summed E-state index contributed by atoms with van der Waals surface area (Å²) in [7, 11) is 0. The lowest BCUT2D eigenvalue weighted by atomic mass is 9.99. The molecule has 1 aliphatic carbocycles. The Morgan fingerprint density at radius 3 is 3.00 bits per heavy atom. The van der Waals surface area contributed by atoms with E-state index in [9.17, 15) is 0 Å². The van der Waals surface area contributed by atoms with Crippen LogP contribution in [0.1, 0.15) is 18.4 Å². The number of rotatable bonds is 0. The molecule has 0 spiro atoms. The fraction of sp³-hybridized carbons (Fsp3) is 0.214. The molecule has 1 heteroatoms. The summed E-state index contributed by atoms with van der Waals surface area (Å²) in [5.41, 5.74) is 1.37. The molecule has 0 aliphatic heterocycles. The molecule has 0 fully saturated rings. The second-order valence-electron chi connectivity index (χ2n) is 4.09. The van der Waals surface area contributed by atoms with Gasteiger partial charge in [-0.05, 0) is 53.3 Å². The van der Waals surface area contributed by atoms with E-state index in [1.807, 2.05) is 12.4 Å². The van der Waals surface area contributed by atoms with Gasteiger partial charge in [0, 0.05) is 17.8 Å². The number of aryl methyl sites for hydroxylation is 1. The van der Waals surface area contributed by atoms with Crippen LogP contribution in [-0.2, 0) is 0 Å². The average molecular weight is 195 g/mol. The quantitative estimate of drug-likeness (QED) is 0.625. The van der Waals surface area contributed by atoms with E-state index >= 15 is 0 Å². The largest absolute Gasteiger partial charge is 0.264 e. The maximum Gasteiger partial charge on any atom is 0.0349 e. The summed E-state index contributed by atoms with van der Waals surface area (Å²) in [6.07, 6.45) is 10.8. The third kappa shape index (κ3) is 1.27. The topological polar surface area (TPSA) is 12.9 Å². The second-order valence-corrected chi connectivity index (χ2v) is 4.09. The molecule has 74 valence electrons. The first-order valence-electron chi connectivity index (χ1n) is 5.40. The summed E-state index contributed by atoms with van der Waals surface area (Å²) in [4.78, 5) is 4.20. The fourth-order valence-electron chi connectivity index (χ4n) is 2.36. The number of hydrogen-bond acceptors (Lipinski definition) is 1. The maximum absolute atomic E-state index is 4.20. The van der Waals surface area contributed by atoms with Gasteiger partial charge in [-0.25, -0.2) is 0 Å². The van der Waals surface area contributed by atoms with Crippen LogP contribution >= 0.6 is 0 Å². The molecule has 2 aromatic rings. The Bertz CT molecular complexity index is 638. The van der Waals surface area contributed by atoms with E-state index in [4.69, 9.17) is 0 Å². The van der Waals surface area contributed by atoms with E-state index in [1.165, 1.54) is 39.6 Å². The highest BCUT2D eigenvalue weighted by molar-refractivity contribution is 5.85. The zero-order chi connectivity index (χ0) is 10.3. The Morgan fingerprint density at radius 1 is 1.20 bits per heavy atom. The van der Waals surface area contributed by atoms with Crippen LogP contribution in [0.5, 0.6) is 0 Å². The zero-order valence-electron chi connectivity index (χ0n) is 8.83. The van der Waals surface area contributed by atoms with Gasteiger partial charge in [0.1, 0.15) is 0 Å². The lowest BCUT2D eigenvalue weighted by Crippen LogP contribution is -2.29. The van der Waals surface area contributed by atoms with Gasteiger partial charge in [0.25, 0.3) is 0 Å². The number of benzene rings is 1. The van der Waals surface area contributed by atoms with Crippen LogP contribution < -0.4 is 10.4 Å². The SMILES string of the molecule is Cc1c2c(cc3ccncc13)=CCCC=2. The Balaban J connectivity index is 2.59. The van der Waals surface area contributed by atoms with Crippen molar-refractivity contribution in [1.82, 2.24) is 4.98 Å². The molecule has 1 aliphatic rings. The van der Waals surface area contributed by atoms with Gasteiger partial charge in [0.15, 0.2) is 0 Å². The number of pyridine rings is 1. The predicted octanol–water partition coefficient (Wildman–Crippen LogP) is 1.90. The summed E-state index contributed by atoms with van der Waals surface area (Å²) in [6, 6.07) is 4.36. The third-order valence-electron chi connectivity index (χ3n) is 3.16. The molecule has 0 amide bonds. The minimum atomic E-state index is 1.17. The number of hydrogen-bond donors (Lipinski definition) is 0. The van der Waals surface area contributed by atoms with E-state index in [0.717, 1.165) is 0 Å². The third-order valence-corrected chi connectivity index (χ3v) is 3.16. The molecule has 0 radical (unpaired) electrons. The summed E-state index contributed by atoms with van der Waals surface area (Å²) in [6.45, 7) is 2.19. The smallest absolute Gasteiger partial charge is 0.0349 e. The molecule has 3 rings (SSSR count). The molecule has 1 aromatic carbocycles. The minimum absolute atomic E-state index is 1.17. The van der Waals surface area contributed by atoms with Gasteiger partial charge in [-0.3, -0.25) is 4.98 Å². The van der Waals surface area contributed by atoms with Crippen LogP contribution in [0.15, 0.2) is 24.5 Å². The zero-order valence-corrected chi connectivity index (χ0v) is 8.83. The Kier molecular flexibility index (Phi) is 1.84. The van der Waals surface area contributed by atoms with Crippen LogP contribution in [0, 0.1) is 6.92 Å². The molecular formula is C14H13N. The highest BCUT2D eigenvalue weighted by Gasteiger charge is 2.02. The predicted molar refractivity (Wildman–Crippen MR) is 63.9 cm³/mol. The van der Waals surface area contributed by atoms with Crippen molar-refractivity contribution in [2.75, 3.05) is 0 Å². The van der Waals surface area contributed by atoms with Crippen LogP contribution in [0.3, 0.4) is 0 Å². The molecule has 1 aromatic heterocycles. The monoisotopic (exact) mass is 195 g/mol. The van der Waals surface area contributed by atoms with E-state index in [1.54, 1.807) is 0 Å². The first-order chi connectivity index (χ1) is 7.36. The highest BCUT2D eigenvalue weighted by atomic mass is 14.6. The van der Waals surface area contributed by atoms with Crippen molar-refractivity contribution in [2.24, 2.45) is 0 Å². The molecule has 1 nitrogen and oxygen atoms in total. The van der Waals surface area contributed by atoms with Crippen LogP contribution in [-0.4, -0.2) is 4.98 Å². The summed E-state index contributed by atoms with van der Waals surface area (Å²) < 4.78 is 0. The van der Waals surface area contributed by atoms with Gasteiger partial charge in [-0.1, -0.05) is 12.2 Å². The van der Waals surface area contributed by atoms with Gasteiger partial charge in [-0.15, -0.1) is 0 Å². The van der Waals surface area contributed by atoms with Crippen molar-refractivity contribution in [2.45, 2.75) is 19.8 Å². The molecule has 0 N–H and O–H groups in total. The Hall–Kier alpha value is -1.63. The average Bonchev–Trinajstić information content (AvgIpc) is 2.30. The van der Waals surface area contributed by atoms with Crippen LogP contribution in [0.25, 0.3) is 22.9 Å². The first kappa shape index (κ1) is 8.66. The van der Waals surface area contributed by atoms with Gasteiger partial charge in [0.2, 0.25) is 0 Å². The molecule has 1 heterocycles. The number of aromatic nitrogens is 1. The fourth-order valence-corrected chi connectivity index (χ4v) is 2.36. The van der Waals surface area contributed by atoms with Crippen molar-refractivity contribution in [3.05, 3.63) is 40.5 Å². The molecule has 0 bridgehead atoms. The molecule has 0 atom stereocenters. The standard InChI is InChI=1S/C14H13N/c1-10-13-5-3-2-4-11(13)8-12-6-7-15-9-14(10)12/h4-9H,2-3H2,1H3. The maximum atomic E-state index is 4.20. The molecule has 0 saturated heterocycles. The van der Waals surface area contributed by atoms with E-state index in [-0.39, 0.29) is 0 Å². The van der Waals surface area contributed by atoms with Gasteiger partial charge < -0.3 is 0 Å². The number of nitrogens with zero attached hydrogens (tertiary/aromatic N) is 1. The Morgan fingerprint density at radius 2 is 2.07 bits per heavy atom. The lowest BCUT2D eigenvalue weighted by Gasteiger charge is -2.07. The normalized spacial score (nSPS) is 14.2. The molecular weight excluding hydrogens is 182 g/mol. The van der Waals surface area contributed by atoms with Crippen LogP contribution in [0.2, 0.25) is 0 Å². The van der Waals surface area contributed by atoms with Gasteiger partial charge in [-0.2, -0.15) is 0 Å². The van der Waals surface area contributed by atoms with Crippen molar-refractivity contribution in [3.63, 3.8) is 0 Å². The van der Waals surface area contributed by atoms with Crippen LogP contribution in [0.4, 0.5) is 0 Å². The molecule has 0 saturated carbocycles. The summed E-state index contributed by atoms with van der Waals surface area (Å²) >= 11 is 0. The van der Waals surface area contributed by atoms with Gasteiger partial charge in [0.05, 0.1) is 0 Å². The van der Waals surface area contributed by atoms with E-state index < -0.39 is 0 Å². The Labute approximate surface area is 88.8 Å². The number of fused-ring (bicyclic) bond motifs is 2. The second kappa shape index (κ2) is 3.20. The lowest BCUT2D eigenvalue weighted by molar-refractivity contribution is 1.11. The van der Waals surface area contributed by atoms with E-state index in [0.29, 0.717) is 0 Å². The molecule has 0 unspecified atom stereocenters. The van der Waals surface area contributed by atoms with Crippen molar-refractivity contribution in [3.8, 4) is 0 Å². The minimum Gasteiger partial charge on any atom is -0.264 e. The van der Waals surface area contributed by atoms with Crippen molar-refractivity contribution in [1.29, 1.82) is 0 Å². The van der Waals surface area contributed by atoms with Gasteiger partial charge >= 0.3 is 0 Å². The van der Waals surface area contributed by atoms with Crippen molar-refractivity contribution >= 4 is 22.9 Å². The van der Waals surface area contributed by atoms with E-state index in [2.05, 4.69) is 36.2 Å².